The molecule has 1 aromatic carbocycles. The largest absolute Gasteiger partial charge is 0.489 e. The minimum Gasteiger partial charge on any atom is -0.489 e. The van der Waals surface area contributed by atoms with E-state index in [0.29, 0.717) is 23.6 Å². The predicted molar refractivity (Wildman–Crippen MR) is 88.7 cm³/mol. The second-order valence-corrected chi connectivity index (χ2v) is 5.79. The molecule has 1 heterocycles. The van der Waals surface area contributed by atoms with Gasteiger partial charge in [-0.1, -0.05) is 24.6 Å². The zero-order valence-corrected chi connectivity index (χ0v) is 14.2. The molecule has 0 unspecified atom stereocenters. The lowest BCUT2D eigenvalue weighted by Crippen LogP contribution is -2.26. The Labute approximate surface area is 137 Å². The number of hydrogen-bond donors (Lipinski definition) is 1. The summed E-state index contributed by atoms with van der Waals surface area (Å²) in [6, 6.07) is 6.03. The lowest BCUT2D eigenvalue weighted by molar-refractivity contribution is 0.0942. The molecule has 5 heteroatoms. The van der Waals surface area contributed by atoms with Crippen molar-refractivity contribution in [2.24, 2.45) is 0 Å². The predicted octanol–water partition coefficient (Wildman–Crippen LogP) is 3.71. The molecular formula is C18H24N2O3. The fourth-order valence-electron chi connectivity index (χ4n) is 2.37. The summed E-state index contributed by atoms with van der Waals surface area (Å²) in [4.78, 5) is 12.2. The highest BCUT2D eigenvalue weighted by Gasteiger charge is 2.20. The van der Waals surface area contributed by atoms with Crippen LogP contribution in [0.1, 0.15) is 52.7 Å². The fourth-order valence-corrected chi connectivity index (χ4v) is 2.37. The SMILES string of the molecule is CCCCNC(=O)c1noc(C)c1COc1cc(C)cc(C)c1. The van der Waals surface area contributed by atoms with Crippen molar-refractivity contribution in [1.82, 2.24) is 10.5 Å². The molecule has 0 radical (unpaired) electrons. The van der Waals surface area contributed by atoms with E-state index in [4.69, 9.17) is 9.26 Å². The van der Waals surface area contributed by atoms with Crippen molar-refractivity contribution in [1.29, 1.82) is 0 Å². The van der Waals surface area contributed by atoms with Crippen molar-refractivity contribution < 1.29 is 14.1 Å². The first-order chi connectivity index (χ1) is 11.0. The summed E-state index contributed by atoms with van der Waals surface area (Å²) in [6.07, 6.45) is 1.97. The first-order valence-electron chi connectivity index (χ1n) is 7.95. The number of nitrogens with zero attached hydrogens (tertiary/aromatic N) is 1. The number of ether oxygens (including phenoxy) is 1. The van der Waals surface area contributed by atoms with Crippen LogP contribution in [0, 0.1) is 20.8 Å². The van der Waals surface area contributed by atoms with E-state index in [0.717, 1.165) is 29.7 Å². The van der Waals surface area contributed by atoms with Gasteiger partial charge in [0.15, 0.2) is 5.69 Å². The first-order valence-corrected chi connectivity index (χ1v) is 7.95. The Hall–Kier alpha value is -2.30. The van der Waals surface area contributed by atoms with Crippen LogP contribution in [0.2, 0.25) is 0 Å². The van der Waals surface area contributed by atoms with Gasteiger partial charge in [-0.15, -0.1) is 0 Å². The number of hydrogen-bond acceptors (Lipinski definition) is 4. The Morgan fingerprint density at radius 3 is 2.57 bits per heavy atom. The number of aromatic nitrogens is 1. The lowest BCUT2D eigenvalue weighted by Gasteiger charge is -2.09. The van der Waals surface area contributed by atoms with Gasteiger partial charge >= 0.3 is 0 Å². The summed E-state index contributed by atoms with van der Waals surface area (Å²) in [5, 5.41) is 6.73. The molecule has 2 rings (SSSR count). The molecule has 5 nitrogen and oxygen atoms in total. The van der Waals surface area contributed by atoms with Crippen molar-refractivity contribution in [2.45, 2.75) is 47.1 Å². The Morgan fingerprint density at radius 2 is 1.91 bits per heavy atom. The van der Waals surface area contributed by atoms with Crippen molar-refractivity contribution in [3.8, 4) is 5.75 Å². The molecule has 0 spiro atoms. The van der Waals surface area contributed by atoms with Crippen LogP contribution in [0.25, 0.3) is 0 Å². The van der Waals surface area contributed by atoms with Gasteiger partial charge in [-0.3, -0.25) is 4.79 Å². The Morgan fingerprint density at radius 1 is 1.22 bits per heavy atom. The van der Waals surface area contributed by atoms with Crippen LogP contribution in [-0.2, 0) is 6.61 Å². The van der Waals surface area contributed by atoms with E-state index < -0.39 is 0 Å². The summed E-state index contributed by atoms with van der Waals surface area (Å²) < 4.78 is 11.0. The fraction of sp³-hybridized carbons (Fsp3) is 0.444. The van der Waals surface area contributed by atoms with E-state index in [1.165, 1.54) is 0 Å². The highest BCUT2D eigenvalue weighted by molar-refractivity contribution is 5.93. The molecule has 2 aromatic rings. The normalized spacial score (nSPS) is 10.6. The third-order valence-corrected chi connectivity index (χ3v) is 3.59. The third-order valence-electron chi connectivity index (χ3n) is 3.59. The zero-order valence-electron chi connectivity index (χ0n) is 14.2. The number of amides is 1. The molecule has 1 N–H and O–H groups in total. The second kappa shape index (κ2) is 7.81. The van der Waals surface area contributed by atoms with E-state index in [1.807, 2.05) is 26.0 Å². The smallest absolute Gasteiger partial charge is 0.273 e. The summed E-state index contributed by atoms with van der Waals surface area (Å²) in [7, 11) is 0. The summed E-state index contributed by atoms with van der Waals surface area (Å²) in [6.45, 7) is 8.81. The zero-order chi connectivity index (χ0) is 16.8. The quantitative estimate of drug-likeness (QED) is 0.791. The molecule has 0 aliphatic rings. The van der Waals surface area contributed by atoms with Crippen LogP contribution in [0.15, 0.2) is 22.7 Å². The maximum Gasteiger partial charge on any atom is 0.273 e. The van der Waals surface area contributed by atoms with Gasteiger partial charge in [-0.05, 0) is 50.5 Å². The van der Waals surface area contributed by atoms with Crippen molar-refractivity contribution in [2.75, 3.05) is 6.54 Å². The van der Waals surface area contributed by atoms with E-state index in [1.54, 1.807) is 6.92 Å². The lowest BCUT2D eigenvalue weighted by atomic mass is 10.1. The van der Waals surface area contributed by atoms with Gasteiger partial charge < -0.3 is 14.6 Å². The standard InChI is InChI=1S/C18H24N2O3/c1-5-6-7-19-18(21)17-16(14(4)23-20-17)11-22-15-9-12(2)8-13(3)10-15/h8-10H,5-7,11H2,1-4H3,(H,19,21). The summed E-state index contributed by atoms with van der Waals surface area (Å²) >= 11 is 0. The Kier molecular flexibility index (Phi) is 5.79. The Bertz CT molecular complexity index is 657. The molecule has 23 heavy (non-hydrogen) atoms. The van der Waals surface area contributed by atoms with Crippen LogP contribution >= 0.6 is 0 Å². The van der Waals surface area contributed by atoms with Gasteiger partial charge in [-0.2, -0.15) is 0 Å². The summed E-state index contributed by atoms with van der Waals surface area (Å²) in [5.74, 6) is 1.17. The molecule has 0 saturated carbocycles. The van der Waals surface area contributed by atoms with Gasteiger partial charge in [0, 0.05) is 6.54 Å². The maximum absolute atomic E-state index is 12.2. The molecule has 0 atom stereocenters. The molecular weight excluding hydrogens is 292 g/mol. The number of nitrogens with one attached hydrogen (secondary N) is 1. The van der Waals surface area contributed by atoms with E-state index in [9.17, 15) is 4.79 Å². The van der Waals surface area contributed by atoms with E-state index in [-0.39, 0.29) is 12.5 Å². The summed E-state index contributed by atoms with van der Waals surface area (Å²) in [5.41, 5.74) is 3.28. The topological polar surface area (TPSA) is 64.4 Å². The average Bonchev–Trinajstić information content (AvgIpc) is 2.85. The monoisotopic (exact) mass is 316 g/mol. The van der Waals surface area contributed by atoms with Crippen LogP contribution in [0.5, 0.6) is 5.75 Å². The van der Waals surface area contributed by atoms with Crippen LogP contribution in [0.3, 0.4) is 0 Å². The first kappa shape index (κ1) is 17.1. The number of aryl methyl sites for hydroxylation is 3. The van der Waals surface area contributed by atoms with Gasteiger partial charge in [0.1, 0.15) is 18.1 Å². The van der Waals surface area contributed by atoms with Crippen molar-refractivity contribution >= 4 is 5.91 Å². The molecule has 0 fully saturated rings. The molecule has 0 bridgehead atoms. The average molecular weight is 316 g/mol. The van der Waals surface area contributed by atoms with E-state index >= 15 is 0 Å². The molecule has 0 aliphatic carbocycles. The maximum atomic E-state index is 12.2. The van der Waals surface area contributed by atoms with Crippen molar-refractivity contribution in [3.63, 3.8) is 0 Å². The van der Waals surface area contributed by atoms with Gasteiger partial charge in [0.25, 0.3) is 5.91 Å². The Balaban J connectivity index is 2.07. The van der Waals surface area contributed by atoms with Crippen LogP contribution in [-0.4, -0.2) is 17.6 Å². The van der Waals surface area contributed by atoms with Crippen molar-refractivity contribution in [3.05, 3.63) is 46.3 Å². The van der Waals surface area contributed by atoms with Gasteiger partial charge in [0.2, 0.25) is 0 Å². The van der Waals surface area contributed by atoms with Crippen LogP contribution < -0.4 is 10.1 Å². The van der Waals surface area contributed by atoms with E-state index in [2.05, 4.69) is 23.5 Å². The molecule has 1 aromatic heterocycles. The number of benzene rings is 1. The second-order valence-electron chi connectivity index (χ2n) is 5.79. The number of rotatable bonds is 7. The highest BCUT2D eigenvalue weighted by Crippen LogP contribution is 2.20. The molecule has 0 saturated heterocycles. The highest BCUT2D eigenvalue weighted by atomic mass is 16.5. The third kappa shape index (κ3) is 4.58. The minimum atomic E-state index is -0.214. The minimum absolute atomic E-state index is 0.214. The number of carbonyl (C=O) groups is 1. The van der Waals surface area contributed by atoms with Gasteiger partial charge in [-0.25, -0.2) is 0 Å². The van der Waals surface area contributed by atoms with Crippen LogP contribution in [0.4, 0.5) is 0 Å². The van der Waals surface area contributed by atoms with Gasteiger partial charge in [0.05, 0.1) is 5.56 Å². The number of unbranched alkanes of at least 4 members (excludes halogenated alkanes) is 1. The molecule has 1 amide bonds. The molecule has 0 aliphatic heterocycles. The number of carbonyl (C=O) groups excluding carboxylic acids is 1. The molecule has 124 valence electrons.